The number of nitrogens with one attached hydrogen (secondary N) is 1. The molecule has 0 amide bonds. The van der Waals surface area contributed by atoms with Crippen molar-refractivity contribution < 1.29 is 38.2 Å². The van der Waals surface area contributed by atoms with Crippen LogP contribution in [-0.4, -0.2) is 85.5 Å². The fourth-order valence-corrected chi connectivity index (χ4v) is 9.14. The van der Waals surface area contributed by atoms with Gasteiger partial charge >= 0.3 is 7.82 Å². The summed E-state index contributed by atoms with van der Waals surface area (Å²) in [6, 6.07) is 13.1. The second-order valence-electron chi connectivity index (χ2n) is 16.2. The lowest BCUT2D eigenvalue weighted by atomic mass is 9.91. The zero-order chi connectivity index (χ0) is 40.0. The number of nitrogens with zero attached hydrogens (tertiary/aromatic N) is 3. The number of nitrogens with two attached hydrogens (primary N) is 1. The molecule has 1 saturated carbocycles. The van der Waals surface area contributed by atoms with Gasteiger partial charge in [0.15, 0.2) is 11.4 Å². The summed E-state index contributed by atoms with van der Waals surface area (Å²) < 4.78 is 37.8. The van der Waals surface area contributed by atoms with Gasteiger partial charge in [-0.25, -0.2) is 14.1 Å². The molecule has 0 bridgehead atoms. The van der Waals surface area contributed by atoms with Crippen molar-refractivity contribution in [2.24, 2.45) is 0 Å². The second-order valence-corrected chi connectivity index (χ2v) is 17.6. The highest BCUT2D eigenvalue weighted by molar-refractivity contribution is 7.47. The van der Waals surface area contributed by atoms with E-state index in [1.165, 1.54) is 106 Å². The number of nitrogen functional groups attached to an aromatic ring is 1. The number of benzene rings is 1. The molecule has 1 aliphatic heterocycles. The number of hydrogen-bond donors (Lipinski definition) is 5. The van der Waals surface area contributed by atoms with Gasteiger partial charge in [0.1, 0.15) is 35.8 Å². The zero-order valence-electron chi connectivity index (χ0n) is 33.9. The van der Waals surface area contributed by atoms with E-state index in [0.29, 0.717) is 17.8 Å². The first-order chi connectivity index (χ1) is 27.0. The Morgan fingerprint density at radius 1 is 0.929 bits per heavy atom. The largest absolute Gasteiger partial charge is 0.472 e. The molecule has 8 atom stereocenters. The molecule has 3 aromatic rings. The van der Waals surface area contributed by atoms with Gasteiger partial charge in [0.05, 0.1) is 24.9 Å². The van der Waals surface area contributed by atoms with Crippen molar-refractivity contribution in [2.75, 3.05) is 25.6 Å². The normalized spacial score (nSPS) is 25.3. The summed E-state index contributed by atoms with van der Waals surface area (Å²) in [5.74, 6) is 0.249. The molecule has 1 aromatic carbocycles. The van der Waals surface area contributed by atoms with Gasteiger partial charge in [-0.05, 0) is 44.4 Å². The molecule has 2 aromatic heterocycles. The fraction of sp³-hybridized carbons (Fsp3) is 0.714. The van der Waals surface area contributed by atoms with Crippen LogP contribution in [0.15, 0.2) is 48.8 Å². The van der Waals surface area contributed by atoms with Crippen LogP contribution in [0.1, 0.15) is 135 Å². The molecule has 0 spiro atoms. The second kappa shape index (κ2) is 21.5. The summed E-state index contributed by atoms with van der Waals surface area (Å²) in [4.78, 5) is 14.8. The molecular formula is C42H68N5O8P. The van der Waals surface area contributed by atoms with Crippen molar-refractivity contribution in [3.63, 3.8) is 0 Å². The Balaban J connectivity index is 1.01. The topological polar surface area (TPSA) is 183 Å². The Kier molecular flexibility index (Phi) is 17.2. The summed E-state index contributed by atoms with van der Waals surface area (Å²) in [5.41, 5.74) is 4.76. The highest BCUT2D eigenvalue weighted by Crippen LogP contribution is 2.63. The van der Waals surface area contributed by atoms with Crippen LogP contribution in [-0.2, 0) is 35.1 Å². The molecule has 5 rings (SSSR count). The maximum absolute atomic E-state index is 13.2. The Bertz CT molecular complexity index is 1650. The van der Waals surface area contributed by atoms with Gasteiger partial charge < -0.3 is 35.6 Å². The van der Waals surface area contributed by atoms with E-state index in [9.17, 15) is 19.7 Å². The van der Waals surface area contributed by atoms with Crippen LogP contribution in [0.4, 0.5) is 5.82 Å². The first-order valence-corrected chi connectivity index (χ1v) is 22.7. The fourth-order valence-electron chi connectivity index (χ4n) is 8.15. The summed E-state index contributed by atoms with van der Waals surface area (Å²) in [6.07, 6.45) is 19.1. The number of anilines is 1. The van der Waals surface area contributed by atoms with Crippen molar-refractivity contribution in [3.05, 3.63) is 60.0 Å². The SMILES string of the molecule is CCCCCCCCCCCCCCCCCCOC[C@H](COP(=O)(O)OC1[C@H]2O[C@@](C)(c3ccc4c(N)ncnn34)[C@H](O)[C@@]12O)NC(C)Cc1ccccc1. The molecule has 314 valence electrons. The van der Waals surface area contributed by atoms with E-state index < -0.39 is 43.4 Å². The third-order valence-corrected chi connectivity index (χ3v) is 12.4. The number of aliphatic hydroxyl groups is 2. The maximum atomic E-state index is 13.2. The summed E-state index contributed by atoms with van der Waals surface area (Å²) in [5, 5.41) is 30.4. The molecule has 0 radical (unpaired) electrons. The minimum atomic E-state index is -4.69. The first-order valence-electron chi connectivity index (χ1n) is 21.2. The van der Waals surface area contributed by atoms with Crippen molar-refractivity contribution >= 4 is 19.2 Å². The van der Waals surface area contributed by atoms with Crippen LogP contribution in [0.2, 0.25) is 0 Å². The molecule has 3 heterocycles. The number of aliphatic hydroxyl groups excluding tert-OH is 1. The standard InChI is InChI=1S/C42H68N5O8P/c1-4-5-6-7-8-9-10-11-12-13-14-15-16-17-18-22-27-52-29-34(46-32(2)28-33-23-20-19-21-24-33)30-53-56(50,51)55-38-37-42(38,49)40(48)41(3,54-37)36-26-25-35-39(43)44-31-45-47(35)36/h19-21,23-26,31-32,34,37-38,40,46,48-49H,4-18,22,27-30H2,1-3H3,(H,50,51)(H2,43,44,45)/t32?,34-,37-,38?,40+,41+,42+/m1/s1. The van der Waals surface area contributed by atoms with Gasteiger partial charge in [0.25, 0.3) is 0 Å². The number of phosphoric ester groups is 1. The van der Waals surface area contributed by atoms with Gasteiger partial charge in [-0.3, -0.25) is 9.05 Å². The number of hydrogen-bond acceptors (Lipinski definition) is 11. The van der Waals surface area contributed by atoms with Crippen LogP contribution in [0.5, 0.6) is 0 Å². The molecule has 1 aliphatic carbocycles. The average Bonchev–Trinajstić information content (AvgIpc) is 3.42. The average molecular weight is 802 g/mol. The van der Waals surface area contributed by atoms with E-state index in [0.717, 1.165) is 19.3 Å². The predicted molar refractivity (Wildman–Crippen MR) is 218 cm³/mol. The van der Waals surface area contributed by atoms with Crippen molar-refractivity contribution in [3.8, 4) is 0 Å². The molecule has 13 nitrogen and oxygen atoms in total. The van der Waals surface area contributed by atoms with Crippen molar-refractivity contribution in [1.29, 1.82) is 0 Å². The summed E-state index contributed by atoms with van der Waals surface area (Å²) in [6.45, 7) is 6.65. The van der Waals surface area contributed by atoms with Crippen LogP contribution < -0.4 is 11.1 Å². The van der Waals surface area contributed by atoms with Crippen LogP contribution in [0.3, 0.4) is 0 Å². The lowest BCUT2D eigenvalue weighted by molar-refractivity contribution is -0.126. The van der Waals surface area contributed by atoms with Gasteiger partial charge in [0.2, 0.25) is 0 Å². The quantitative estimate of drug-likeness (QED) is 0.0347. The van der Waals surface area contributed by atoms with E-state index in [-0.39, 0.29) is 25.1 Å². The van der Waals surface area contributed by atoms with Gasteiger partial charge in [-0.15, -0.1) is 0 Å². The third-order valence-electron chi connectivity index (χ3n) is 11.5. The maximum Gasteiger partial charge on any atom is 0.472 e. The first kappa shape index (κ1) is 44.6. The molecule has 56 heavy (non-hydrogen) atoms. The zero-order valence-corrected chi connectivity index (χ0v) is 34.8. The lowest BCUT2D eigenvalue weighted by Gasteiger charge is -2.32. The monoisotopic (exact) mass is 801 g/mol. The molecule has 2 aliphatic rings. The van der Waals surface area contributed by atoms with Crippen LogP contribution >= 0.6 is 7.82 Å². The molecule has 2 fully saturated rings. The molecule has 3 unspecified atom stereocenters. The van der Waals surface area contributed by atoms with Gasteiger partial charge in [-0.2, -0.15) is 5.10 Å². The van der Waals surface area contributed by atoms with Crippen molar-refractivity contribution in [1.82, 2.24) is 19.9 Å². The van der Waals surface area contributed by atoms with E-state index in [4.69, 9.17) is 24.3 Å². The van der Waals surface area contributed by atoms with E-state index in [1.807, 2.05) is 18.2 Å². The molecule has 14 heteroatoms. The number of rotatable bonds is 29. The highest BCUT2D eigenvalue weighted by Gasteiger charge is 2.82. The smallest absolute Gasteiger partial charge is 0.386 e. The van der Waals surface area contributed by atoms with E-state index >= 15 is 0 Å². The number of ether oxygens (including phenoxy) is 2. The van der Waals surface area contributed by atoms with Crippen LogP contribution in [0, 0.1) is 0 Å². The minimum Gasteiger partial charge on any atom is -0.386 e. The summed E-state index contributed by atoms with van der Waals surface area (Å²) in [7, 11) is -4.69. The summed E-state index contributed by atoms with van der Waals surface area (Å²) >= 11 is 0. The third kappa shape index (κ3) is 12.1. The van der Waals surface area contributed by atoms with Crippen LogP contribution in [0.25, 0.3) is 5.52 Å². The highest BCUT2D eigenvalue weighted by atomic mass is 31.2. The number of unbranched alkanes of at least 4 members (excludes halogenated alkanes) is 15. The Labute approximate surface area is 333 Å². The van der Waals surface area contributed by atoms with Gasteiger partial charge in [0, 0.05) is 12.6 Å². The Hall–Kier alpha value is -2.45. The Morgan fingerprint density at radius 2 is 1.54 bits per heavy atom. The Morgan fingerprint density at radius 3 is 2.12 bits per heavy atom. The number of phosphoric acid groups is 1. The van der Waals surface area contributed by atoms with Crippen molar-refractivity contribution in [2.45, 2.75) is 172 Å². The predicted octanol–water partition coefficient (Wildman–Crippen LogP) is 7.40. The lowest BCUT2D eigenvalue weighted by Crippen LogP contribution is -2.46. The van der Waals surface area contributed by atoms with E-state index in [1.54, 1.807) is 19.1 Å². The van der Waals surface area contributed by atoms with Gasteiger partial charge in [-0.1, -0.05) is 134 Å². The van der Waals surface area contributed by atoms with E-state index in [2.05, 4.69) is 41.4 Å². The minimum absolute atomic E-state index is 0.0274. The molecular weight excluding hydrogens is 733 g/mol. The molecule has 1 saturated heterocycles. The number of aromatic nitrogens is 3. The molecule has 6 N–H and O–H groups in total. The number of fused-ring (bicyclic) bond motifs is 2.